The summed E-state index contributed by atoms with van der Waals surface area (Å²) in [4.78, 5) is 14.3. The molecule has 1 atom stereocenters. The monoisotopic (exact) mass is 396 g/mol. The van der Waals surface area contributed by atoms with Crippen LogP contribution in [0.3, 0.4) is 0 Å². The van der Waals surface area contributed by atoms with Crippen LogP contribution in [0.1, 0.15) is 28.9 Å². The molecule has 1 amide bonds. The van der Waals surface area contributed by atoms with E-state index in [1.54, 1.807) is 30.1 Å². The van der Waals surface area contributed by atoms with Crippen LogP contribution in [0.5, 0.6) is 5.75 Å². The van der Waals surface area contributed by atoms with Crippen molar-refractivity contribution in [3.05, 3.63) is 58.6 Å². The fraction of sp³-hybridized carbons (Fsp3) is 0.278. The van der Waals surface area contributed by atoms with Gasteiger partial charge in [-0.2, -0.15) is 0 Å². The predicted octanol–water partition coefficient (Wildman–Crippen LogP) is 3.09. The molecule has 0 aliphatic carbocycles. The number of benzene rings is 2. The lowest BCUT2D eigenvalue weighted by Crippen LogP contribution is -2.30. The van der Waals surface area contributed by atoms with E-state index in [1.165, 1.54) is 26.3 Å². The van der Waals surface area contributed by atoms with E-state index < -0.39 is 10.0 Å². The van der Waals surface area contributed by atoms with Gasteiger partial charge in [-0.3, -0.25) is 4.79 Å². The van der Waals surface area contributed by atoms with Crippen LogP contribution in [-0.2, 0) is 10.0 Å². The first-order valence-electron chi connectivity index (χ1n) is 7.85. The zero-order chi connectivity index (χ0) is 19.5. The Morgan fingerprint density at radius 3 is 2.35 bits per heavy atom. The van der Waals surface area contributed by atoms with Gasteiger partial charge >= 0.3 is 0 Å². The van der Waals surface area contributed by atoms with Gasteiger partial charge in [-0.1, -0.05) is 23.7 Å². The number of ether oxygens (including phenoxy) is 1. The molecule has 1 unspecified atom stereocenters. The third-order valence-corrected chi connectivity index (χ3v) is 5.91. The van der Waals surface area contributed by atoms with Crippen molar-refractivity contribution in [1.29, 1.82) is 0 Å². The Morgan fingerprint density at radius 2 is 1.81 bits per heavy atom. The summed E-state index contributed by atoms with van der Waals surface area (Å²) in [6.45, 7) is 1.88. The molecule has 140 valence electrons. The number of methoxy groups -OCH3 is 1. The zero-order valence-corrected chi connectivity index (χ0v) is 16.6. The van der Waals surface area contributed by atoms with E-state index in [-0.39, 0.29) is 28.2 Å². The molecule has 0 saturated heterocycles. The number of halogens is 1. The third-order valence-electron chi connectivity index (χ3n) is 4.22. The number of carbonyl (C=O) groups is 1. The van der Waals surface area contributed by atoms with Gasteiger partial charge in [0.15, 0.2) is 0 Å². The van der Waals surface area contributed by atoms with Crippen LogP contribution in [0, 0.1) is 0 Å². The first-order valence-corrected chi connectivity index (χ1v) is 9.71. The lowest BCUT2D eigenvalue weighted by atomic mass is 10.1. The van der Waals surface area contributed by atoms with Crippen molar-refractivity contribution >= 4 is 27.5 Å². The van der Waals surface area contributed by atoms with Crippen molar-refractivity contribution in [2.24, 2.45) is 0 Å². The third kappa shape index (κ3) is 4.17. The highest BCUT2D eigenvalue weighted by Crippen LogP contribution is 2.27. The van der Waals surface area contributed by atoms with Gasteiger partial charge in [0, 0.05) is 17.6 Å². The molecule has 0 radical (unpaired) electrons. The van der Waals surface area contributed by atoms with E-state index in [0.717, 1.165) is 5.56 Å². The van der Waals surface area contributed by atoms with Crippen LogP contribution in [0.4, 0.5) is 0 Å². The molecular formula is C18H21ClN2O4S. The Bertz CT molecular complexity index is 898. The quantitative estimate of drug-likeness (QED) is 0.814. The second-order valence-electron chi connectivity index (χ2n) is 5.72. The lowest BCUT2D eigenvalue weighted by molar-refractivity contribution is 0.0742. The SMILES string of the molecule is CNS(=O)(=O)c1cc(C(=O)N(C)C(C)c2ccc(Cl)cc2)ccc1OC. The summed E-state index contributed by atoms with van der Waals surface area (Å²) in [5, 5.41) is 0.618. The lowest BCUT2D eigenvalue weighted by Gasteiger charge is -2.26. The zero-order valence-electron chi connectivity index (χ0n) is 15.0. The van der Waals surface area contributed by atoms with E-state index in [9.17, 15) is 13.2 Å². The number of nitrogens with one attached hydrogen (secondary N) is 1. The van der Waals surface area contributed by atoms with Gasteiger partial charge in [0.1, 0.15) is 10.6 Å². The molecular weight excluding hydrogens is 376 g/mol. The van der Waals surface area contributed by atoms with Gasteiger partial charge in [-0.25, -0.2) is 13.1 Å². The van der Waals surface area contributed by atoms with Gasteiger partial charge in [0.05, 0.1) is 13.2 Å². The molecule has 0 aliphatic rings. The minimum Gasteiger partial charge on any atom is -0.495 e. The maximum absolute atomic E-state index is 12.8. The first-order chi connectivity index (χ1) is 12.2. The predicted molar refractivity (Wildman–Crippen MR) is 101 cm³/mol. The Morgan fingerprint density at radius 1 is 1.19 bits per heavy atom. The first kappa shape index (κ1) is 20.2. The van der Waals surface area contributed by atoms with Crippen molar-refractivity contribution in [1.82, 2.24) is 9.62 Å². The second kappa shape index (κ2) is 8.07. The number of sulfonamides is 1. The minimum atomic E-state index is -3.76. The number of amides is 1. The molecule has 6 nitrogen and oxygen atoms in total. The summed E-state index contributed by atoms with van der Waals surface area (Å²) in [7, 11) is 0.583. The maximum atomic E-state index is 12.8. The summed E-state index contributed by atoms with van der Waals surface area (Å²) in [6.07, 6.45) is 0. The van der Waals surface area contributed by atoms with Crippen molar-refractivity contribution < 1.29 is 17.9 Å². The number of nitrogens with zero attached hydrogens (tertiary/aromatic N) is 1. The van der Waals surface area contributed by atoms with E-state index in [2.05, 4.69) is 4.72 Å². The molecule has 2 aromatic carbocycles. The molecule has 26 heavy (non-hydrogen) atoms. The van der Waals surface area contributed by atoms with Gasteiger partial charge in [-0.05, 0) is 49.9 Å². The van der Waals surface area contributed by atoms with Crippen molar-refractivity contribution in [2.75, 3.05) is 21.2 Å². The summed E-state index contributed by atoms with van der Waals surface area (Å²) in [6, 6.07) is 11.3. The highest BCUT2D eigenvalue weighted by molar-refractivity contribution is 7.89. The van der Waals surface area contributed by atoms with Crippen molar-refractivity contribution in [2.45, 2.75) is 17.9 Å². The molecule has 0 aliphatic heterocycles. The Hall–Kier alpha value is -2.09. The molecule has 2 aromatic rings. The highest BCUT2D eigenvalue weighted by Gasteiger charge is 2.23. The summed E-state index contributed by atoms with van der Waals surface area (Å²) < 4.78 is 31.7. The van der Waals surface area contributed by atoms with Gasteiger partial charge in [0.2, 0.25) is 10.0 Å². The highest BCUT2D eigenvalue weighted by atomic mass is 35.5. The van der Waals surface area contributed by atoms with Crippen LogP contribution >= 0.6 is 11.6 Å². The Balaban J connectivity index is 2.36. The fourth-order valence-electron chi connectivity index (χ4n) is 2.47. The average Bonchev–Trinajstić information content (AvgIpc) is 2.66. The number of hydrogen-bond acceptors (Lipinski definition) is 4. The van der Waals surface area contributed by atoms with Gasteiger partial charge < -0.3 is 9.64 Å². The average molecular weight is 397 g/mol. The molecule has 0 spiro atoms. The van der Waals surface area contributed by atoms with E-state index in [0.29, 0.717) is 5.02 Å². The van der Waals surface area contributed by atoms with Crippen molar-refractivity contribution in [3.63, 3.8) is 0 Å². The van der Waals surface area contributed by atoms with Crippen LogP contribution in [-0.4, -0.2) is 40.4 Å². The second-order valence-corrected chi connectivity index (χ2v) is 8.01. The van der Waals surface area contributed by atoms with Crippen LogP contribution in [0.25, 0.3) is 0 Å². The van der Waals surface area contributed by atoms with Gasteiger partial charge in [-0.15, -0.1) is 0 Å². The molecule has 0 heterocycles. The van der Waals surface area contributed by atoms with Crippen LogP contribution in [0.2, 0.25) is 5.02 Å². The van der Waals surface area contributed by atoms with Crippen molar-refractivity contribution in [3.8, 4) is 5.75 Å². The van der Waals surface area contributed by atoms with E-state index >= 15 is 0 Å². The minimum absolute atomic E-state index is 0.0825. The Labute approximate surface area is 158 Å². The Kier molecular flexibility index (Phi) is 6.28. The molecule has 0 saturated carbocycles. The topological polar surface area (TPSA) is 75.7 Å². The van der Waals surface area contributed by atoms with E-state index in [4.69, 9.17) is 16.3 Å². The molecule has 2 rings (SSSR count). The molecule has 1 N–H and O–H groups in total. The summed E-state index contributed by atoms with van der Waals surface area (Å²) >= 11 is 5.90. The smallest absolute Gasteiger partial charge is 0.254 e. The van der Waals surface area contributed by atoms with E-state index in [1.807, 2.05) is 19.1 Å². The normalized spacial score (nSPS) is 12.5. The fourth-order valence-corrected chi connectivity index (χ4v) is 3.52. The largest absolute Gasteiger partial charge is 0.495 e. The molecule has 0 aromatic heterocycles. The standard InChI is InChI=1S/C18H21ClN2O4S/c1-12(13-5-8-15(19)9-6-13)21(3)18(22)14-7-10-16(25-4)17(11-14)26(23,24)20-2/h5-12,20H,1-4H3. The van der Waals surface area contributed by atoms with Gasteiger partial charge in [0.25, 0.3) is 5.91 Å². The van der Waals surface area contributed by atoms with Crippen LogP contribution in [0.15, 0.2) is 47.4 Å². The summed E-state index contributed by atoms with van der Waals surface area (Å²) in [5.74, 6) is -0.132. The molecule has 0 bridgehead atoms. The number of carbonyl (C=O) groups excluding carboxylic acids is 1. The number of rotatable bonds is 6. The molecule has 8 heteroatoms. The van der Waals surface area contributed by atoms with Crippen LogP contribution < -0.4 is 9.46 Å². The maximum Gasteiger partial charge on any atom is 0.254 e. The summed E-state index contributed by atoms with van der Waals surface area (Å²) in [5.41, 5.74) is 1.17. The number of hydrogen-bond donors (Lipinski definition) is 1. The molecule has 0 fully saturated rings.